The van der Waals surface area contributed by atoms with Gasteiger partial charge in [-0.2, -0.15) is 0 Å². The van der Waals surface area contributed by atoms with E-state index in [2.05, 4.69) is 5.32 Å². The second-order valence-electron chi connectivity index (χ2n) is 3.33. The Labute approximate surface area is 104 Å². The number of hydrogen-bond donors (Lipinski definition) is 1. The smallest absolute Gasteiger partial charge is 0.253 e. The van der Waals surface area contributed by atoms with Crippen molar-refractivity contribution in [1.82, 2.24) is 5.32 Å². The summed E-state index contributed by atoms with van der Waals surface area (Å²) in [4.78, 5) is 11.7. The molecule has 0 aliphatic rings. The summed E-state index contributed by atoms with van der Waals surface area (Å²) in [6, 6.07) is 3.99. The molecule has 1 amide bonds. The number of amides is 1. The minimum absolute atomic E-state index is 0.130. The Morgan fingerprint density at radius 3 is 2.81 bits per heavy atom. The zero-order valence-corrected chi connectivity index (χ0v) is 10.3. The molecule has 0 saturated heterocycles. The van der Waals surface area contributed by atoms with Gasteiger partial charge in [-0.25, -0.2) is 4.39 Å². The first-order chi connectivity index (χ1) is 7.60. The minimum atomic E-state index is -0.603. The predicted octanol–water partition coefficient (Wildman–Crippen LogP) is 3.23. The van der Waals surface area contributed by atoms with Gasteiger partial charge in [-0.3, -0.25) is 4.79 Å². The molecule has 0 radical (unpaired) electrons. The highest BCUT2D eigenvalue weighted by Crippen LogP contribution is 2.19. The van der Waals surface area contributed by atoms with E-state index in [1.54, 1.807) is 0 Å². The third-order valence-electron chi connectivity index (χ3n) is 2.21. The number of alkyl halides is 1. The lowest BCUT2D eigenvalue weighted by Crippen LogP contribution is -2.35. The zero-order valence-electron chi connectivity index (χ0n) is 8.77. The van der Waals surface area contributed by atoms with Gasteiger partial charge >= 0.3 is 0 Å². The fraction of sp³-hybridized carbons (Fsp3) is 0.364. The van der Waals surface area contributed by atoms with Gasteiger partial charge in [-0.05, 0) is 18.6 Å². The molecule has 0 fully saturated rings. The highest BCUT2D eigenvalue weighted by Gasteiger charge is 2.15. The Morgan fingerprint density at radius 2 is 2.25 bits per heavy atom. The molecule has 0 saturated carbocycles. The molecule has 1 N–H and O–H groups in total. The Balaban J connectivity index is 2.84. The first-order valence-electron chi connectivity index (χ1n) is 4.91. The molecule has 1 atom stereocenters. The van der Waals surface area contributed by atoms with Gasteiger partial charge in [0.2, 0.25) is 0 Å². The molecule has 5 heteroatoms. The van der Waals surface area contributed by atoms with Crippen LogP contribution < -0.4 is 5.32 Å². The third-order valence-corrected chi connectivity index (χ3v) is 2.97. The molecule has 1 aromatic carbocycles. The number of nitrogens with one attached hydrogen (secondary N) is 1. The van der Waals surface area contributed by atoms with Crippen LogP contribution >= 0.6 is 23.2 Å². The lowest BCUT2D eigenvalue weighted by atomic mass is 10.2. The summed E-state index contributed by atoms with van der Waals surface area (Å²) in [5.41, 5.74) is 0.130. The fourth-order valence-electron chi connectivity index (χ4n) is 1.19. The molecule has 0 aliphatic heterocycles. The van der Waals surface area contributed by atoms with Crippen molar-refractivity contribution in [1.29, 1.82) is 0 Å². The highest BCUT2D eigenvalue weighted by atomic mass is 35.5. The number of halogens is 3. The predicted molar refractivity (Wildman–Crippen MR) is 63.7 cm³/mol. The van der Waals surface area contributed by atoms with Crippen molar-refractivity contribution in [3.63, 3.8) is 0 Å². The van der Waals surface area contributed by atoms with E-state index in [9.17, 15) is 9.18 Å². The van der Waals surface area contributed by atoms with Gasteiger partial charge in [0.1, 0.15) is 5.82 Å². The van der Waals surface area contributed by atoms with Crippen molar-refractivity contribution >= 4 is 29.1 Å². The first-order valence-corrected chi connectivity index (χ1v) is 5.82. The number of carbonyl (C=O) groups is 1. The van der Waals surface area contributed by atoms with Crippen LogP contribution in [0.2, 0.25) is 5.02 Å². The summed E-state index contributed by atoms with van der Waals surface area (Å²) in [6.07, 6.45) is 0.710. The maximum absolute atomic E-state index is 13.1. The Bertz CT molecular complexity index is 380. The van der Waals surface area contributed by atoms with Crippen molar-refractivity contribution < 1.29 is 9.18 Å². The van der Waals surface area contributed by atoms with E-state index in [-0.39, 0.29) is 16.6 Å². The van der Waals surface area contributed by atoms with Crippen molar-refractivity contribution in [2.45, 2.75) is 19.4 Å². The lowest BCUT2D eigenvalue weighted by Gasteiger charge is -2.14. The van der Waals surface area contributed by atoms with Crippen LogP contribution in [0.5, 0.6) is 0 Å². The number of rotatable bonds is 4. The summed E-state index contributed by atoms with van der Waals surface area (Å²) < 4.78 is 13.1. The van der Waals surface area contributed by atoms with Crippen molar-refractivity contribution in [3.8, 4) is 0 Å². The molecular formula is C11H12Cl2FNO. The third kappa shape index (κ3) is 3.09. The van der Waals surface area contributed by atoms with Crippen LogP contribution in [-0.4, -0.2) is 17.8 Å². The van der Waals surface area contributed by atoms with E-state index in [1.807, 2.05) is 6.92 Å². The summed E-state index contributed by atoms with van der Waals surface area (Å²) in [5.74, 6) is -0.694. The fourth-order valence-corrected chi connectivity index (χ4v) is 1.70. The number of benzene rings is 1. The van der Waals surface area contributed by atoms with E-state index < -0.39 is 11.7 Å². The molecule has 1 rings (SSSR count). The van der Waals surface area contributed by atoms with Gasteiger partial charge in [0.25, 0.3) is 5.91 Å². The van der Waals surface area contributed by atoms with E-state index in [1.165, 1.54) is 18.2 Å². The van der Waals surface area contributed by atoms with Crippen LogP contribution in [0.25, 0.3) is 0 Å². The topological polar surface area (TPSA) is 29.1 Å². The van der Waals surface area contributed by atoms with Crippen molar-refractivity contribution in [2.75, 3.05) is 5.88 Å². The standard InChI is InChI=1S/C11H12Cl2FNO/c1-2-7(6-12)15-11(16)8-4-3-5-9(14)10(8)13/h3-5,7H,2,6H2,1H3,(H,15,16). The molecule has 0 aliphatic carbocycles. The first kappa shape index (κ1) is 13.3. The van der Waals surface area contributed by atoms with Crippen LogP contribution in [0, 0.1) is 5.82 Å². The molecule has 2 nitrogen and oxygen atoms in total. The van der Waals surface area contributed by atoms with E-state index >= 15 is 0 Å². The van der Waals surface area contributed by atoms with E-state index in [0.717, 1.165) is 0 Å². The number of hydrogen-bond acceptors (Lipinski definition) is 1. The van der Waals surface area contributed by atoms with Crippen molar-refractivity contribution in [2.24, 2.45) is 0 Å². The Morgan fingerprint density at radius 1 is 1.56 bits per heavy atom. The lowest BCUT2D eigenvalue weighted by molar-refractivity contribution is 0.0939. The average Bonchev–Trinajstić information content (AvgIpc) is 2.29. The van der Waals surface area contributed by atoms with Gasteiger partial charge < -0.3 is 5.32 Å². The SMILES string of the molecule is CCC(CCl)NC(=O)c1cccc(F)c1Cl. The minimum Gasteiger partial charge on any atom is -0.348 e. The molecule has 0 heterocycles. The average molecular weight is 264 g/mol. The zero-order chi connectivity index (χ0) is 12.1. The van der Waals surface area contributed by atoms with Crippen LogP contribution in [0.15, 0.2) is 18.2 Å². The summed E-state index contributed by atoms with van der Waals surface area (Å²) in [5, 5.41) is 2.52. The quantitative estimate of drug-likeness (QED) is 0.831. The van der Waals surface area contributed by atoms with E-state index in [4.69, 9.17) is 23.2 Å². The summed E-state index contributed by atoms with van der Waals surface area (Å²) >= 11 is 11.3. The van der Waals surface area contributed by atoms with Crippen LogP contribution in [0.1, 0.15) is 23.7 Å². The van der Waals surface area contributed by atoms with Crippen LogP contribution in [0.4, 0.5) is 4.39 Å². The second-order valence-corrected chi connectivity index (χ2v) is 4.02. The molecule has 0 aromatic heterocycles. The summed E-state index contributed by atoms with van der Waals surface area (Å²) in [7, 11) is 0. The molecular weight excluding hydrogens is 252 g/mol. The van der Waals surface area contributed by atoms with E-state index in [0.29, 0.717) is 12.3 Å². The van der Waals surface area contributed by atoms with Gasteiger partial charge in [0, 0.05) is 11.9 Å². The maximum Gasteiger partial charge on any atom is 0.253 e. The van der Waals surface area contributed by atoms with Crippen LogP contribution in [-0.2, 0) is 0 Å². The molecule has 1 aromatic rings. The second kappa shape index (κ2) is 6.06. The van der Waals surface area contributed by atoms with Gasteiger partial charge in [0.15, 0.2) is 0 Å². The summed E-state index contributed by atoms with van der Waals surface area (Å²) in [6.45, 7) is 1.90. The monoisotopic (exact) mass is 263 g/mol. The molecule has 16 heavy (non-hydrogen) atoms. The maximum atomic E-state index is 13.1. The van der Waals surface area contributed by atoms with Gasteiger partial charge in [0.05, 0.1) is 10.6 Å². The van der Waals surface area contributed by atoms with Gasteiger partial charge in [-0.1, -0.05) is 24.6 Å². The Hall–Kier alpha value is -0.800. The molecule has 88 valence electrons. The number of carbonyl (C=O) groups excluding carboxylic acids is 1. The molecule has 0 spiro atoms. The normalized spacial score (nSPS) is 12.2. The van der Waals surface area contributed by atoms with Crippen molar-refractivity contribution in [3.05, 3.63) is 34.6 Å². The van der Waals surface area contributed by atoms with Gasteiger partial charge in [-0.15, -0.1) is 11.6 Å². The Kier molecular flexibility index (Phi) is 5.03. The highest BCUT2D eigenvalue weighted by molar-refractivity contribution is 6.34. The molecule has 0 bridgehead atoms. The largest absolute Gasteiger partial charge is 0.348 e. The molecule has 1 unspecified atom stereocenters. The van der Waals surface area contributed by atoms with Crippen LogP contribution in [0.3, 0.4) is 0 Å².